The van der Waals surface area contributed by atoms with Crippen LogP contribution in [0.4, 0.5) is 22.7 Å². The molecular formula is C30H26N2O2. The third-order valence-corrected chi connectivity index (χ3v) is 6.65. The molecule has 0 aliphatic heterocycles. The largest absolute Gasteiger partial charge is 0.355 e. The number of hydrogen-bond donors (Lipinski definition) is 2. The summed E-state index contributed by atoms with van der Waals surface area (Å²) < 4.78 is 0. The highest BCUT2D eigenvalue weighted by atomic mass is 16.1. The first-order valence-corrected chi connectivity index (χ1v) is 11.4. The van der Waals surface area contributed by atoms with Crippen molar-refractivity contribution in [2.75, 3.05) is 10.6 Å². The standard InChI is InChI=1S/C30H26N2O2/c1-17-9-11-21(15-19(17)3)31-25-13-14-26(32-22-12-10-18(2)20(4)16-22)28-27(25)29(33)23-7-5-6-8-24(23)30(28)34/h5-16,31-32H,1-4H3. The summed E-state index contributed by atoms with van der Waals surface area (Å²) >= 11 is 0. The molecule has 0 aromatic heterocycles. The fourth-order valence-electron chi connectivity index (χ4n) is 4.38. The Hall–Kier alpha value is -4.18. The van der Waals surface area contributed by atoms with E-state index in [1.54, 1.807) is 24.3 Å². The van der Waals surface area contributed by atoms with Crippen molar-refractivity contribution in [3.63, 3.8) is 0 Å². The van der Waals surface area contributed by atoms with Gasteiger partial charge in [0.1, 0.15) is 0 Å². The Labute approximate surface area is 199 Å². The van der Waals surface area contributed by atoms with Gasteiger partial charge in [-0.05, 0) is 86.3 Å². The molecule has 4 aromatic carbocycles. The Morgan fingerprint density at radius 3 is 1.29 bits per heavy atom. The highest BCUT2D eigenvalue weighted by Crippen LogP contribution is 2.38. The number of ketones is 2. The maximum atomic E-state index is 13.7. The van der Waals surface area contributed by atoms with Crippen molar-refractivity contribution in [1.82, 2.24) is 0 Å². The van der Waals surface area contributed by atoms with Crippen LogP contribution in [0.2, 0.25) is 0 Å². The van der Waals surface area contributed by atoms with Gasteiger partial charge < -0.3 is 10.6 Å². The van der Waals surface area contributed by atoms with Crippen LogP contribution in [0, 0.1) is 27.7 Å². The molecule has 0 saturated heterocycles. The number of fused-ring (bicyclic) bond motifs is 2. The number of hydrogen-bond acceptors (Lipinski definition) is 4. The molecule has 168 valence electrons. The third kappa shape index (κ3) is 3.67. The minimum absolute atomic E-state index is 0.153. The van der Waals surface area contributed by atoms with Gasteiger partial charge in [0.05, 0.1) is 22.5 Å². The summed E-state index contributed by atoms with van der Waals surface area (Å²) in [6, 6.07) is 22.9. The predicted molar refractivity (Wildman–Crippen MR) is 138 cm³/mol. The predicted octanol–water partition coefficient (Wildman–Crippen LogP) is 7.18. The van der Waals surface area contributed by atoms with Crippen LogP contribution in [0.15, 0.2) is 72.8 Å². The minimum atomic E-state index is -0.153. The highest BCUT2D eigenvalue weighted by Gasteiger charge is 2.34. The van der Waals surface area contributed by atoms with Crippen molar-refractivity contribution in [2.24, 2.45) is 0 Å². The van der Waals surface area contributed by atoms with Crippen molar-refractivity contribution >= 4 is 34.3 Å². The van der Waals surface area contributed by atoms with Crippen molar-refractivity contribution in [3.05, 3.63) is 117 Å². The van der Waals surface area contributed by atoms with Crippen molar-refractivity contribution in [3.8, 4) is 0 Å². The molecule has 4 nitrogen and oxygen atoms in total. The molecule has 0 spiro atoms. The summed E-state index contributed by atoms with van der Waals surface area (Å²) in [7, 11) is 0. The van der Waals surface area contributed by atoms with Crippen molar-refractivity contribution in [2.45, 2.75) is 27.7 Å². The van der Waals surface area contributed by atoms with Gasteiger partial charge in [-0.25, -0.2) is 0 Å². The lowest BCUT2D eigenvalue weighted by Crippen LogP contribution is -2.23. The average Bonchev–Trinajstić information content (AvgIpc) is 2.83. The van der Waals surface area contributed by atoms with Crippen LogP contribution in [0.1, 0.15) is 54.1 Å². The number of carbonyl (C=O) groups is 2. The van der Waals surface area contributed by atoms with Gasteiger partial charge in [0.25, 0.3) is 0 Å². The highest BCUT2D eigenvalue weighted by molar-refractivity contribution is 6.32. The average molecular weight is 447 g/mol. The number of anilines is 4. The molecule has 2 N–H and O–H groups in total. The smallest absolute Gasteiger partial charge is 0.196 e. The molecular weight excluding hydrogens is 420 g/mol. The Balaban J connectivity index is 1.66. The number of nitrogens with one attached hydrogen (secondary N) is 2. The zero-order valence-electron chi connectivity index (χ0n) is 19.7. The van der Waals surface area contributed by atoms with Crippen LogP contribution >= 0.6 is 0 Å². The van der Waals surface area contributed by atoms with Gasteiger partial charge in [0.15, 0.2) is 11.6 Å². The summed E-state index contributed by atoms with van der Waals surface area (Å²) in [6.45, 7) is 8.23. The first kappa shape index (κ1) is 21.7. The van der Waals surface area contributed by atoms with Crippen LogP contribution in [-0.2, 0) is 0 Å². The van der Waals surface area contributed by atoms with Crippen LogP contribution < -0.4 is 10.6 Å². The summed E-state index contributed by atoms with van der Waals surface area (Å²) in [5, 5.41) is 6.78. The van der Waals surface area contributed by atoms with Gasteiger partial charge in [-0.15, -0.1) is 0 Å². The summed E-state index contributed by atoms with van der Waals surface area (Å²) in [6.07, 6.45) is 0. The molecule has 0 saturated carbocycles. The molecule has 0 heterocycles. The zero-order valence-corrected chi connectivity index (χ0v) is 19.7. The molecule has 0 fully saturated rings. The molecule has 0 bridgehead atoms. The van der Waals surface area contributed by atoms with Crippen LogP contribution in [0.25, 0.3) is 0 Å². The van der Waals surface area contributed by atoms with E-state index in [4.69, 9.17) is 0 Å². The fourth-order valence-corrected chi connectivity index (χ4v) is 4.38. The van der Waals surface area contributed by atoms with Gasteiger partial charge in [-0.1, -0.05) is 36.4 Å². The summed E-state index contributed by atoms with van der Waals surface area (Å²) in [5.41, 5.74) is 9.36. The second-order valence-corrected chi connectivity index (χ2v) is 8.96. The van der Waals surface area contributed by atoms with Crippen LogP contribution in [0.3, 0.4) is 0 Å². The third-order valence-electron chi connectivity index (χ3n) is 6.65. The second-order valence-electron chi connectivity index (χ2n) is 8.96. The van der Waals surface area contributed by atoms with Gasteiger partial charge in [-0.3, -0.25) is 9.59 Å². The van der Waals surface area contributed by atoms with E-state index in [1.807, 2.05) is 48.5 Å². The Kier molecular flexibility index (Phi) is 5.29. The van der Waals surface area contributed by atoms with Crippen molar-refractivity contribution < 1.29 is 9.59 Å². The van der Waals surface area contributed by atoms with E-state index in [9.17, 15) is 9.59 Å². The van der Waals surface area contributed by atoms with Gasteiger partial charge in [0.2, 0.25) is 0 Å². The first-order valence-electron chi connectivity index (χ1n) is 11.4. The lowest BCUT2D eigenvalue weighted by Gasteiger charge is -2.24. The molecule has 0 radical (unpaired) electrons. The molecule has 1 aliphatic rings. The maximum absolute atomic E-state index is 13.7. The van der Waals surface area contributed by atoms with Crippen LogP contribution in [0.5, 0.6) is 0 Å². The Morgan fingerprint density at radius 1 is 0.500 bits per heavy atom. The lowest BCUT2D eigenvalue weighted by atomic mass is 9.82. The van der Waals surface area contributed by atoms with E-state index < -0.39 is 0 Å². The van der Waals surface area contributed by atoms with E-state index in [-0.39, 0.29) is 11.6 Å². The zero-order chi connectivity index (χ0) is 24.0. The number of carbonyl (C=O) groups excluding carboxylic acids is 2. The topological polar surface area (TPSA) is 58.2 Å². The molecule has 34 heavy (non-hydrogen) atoms. The van der Waals surface area contributed by atoms with Crippen molar-refractivity contribution in [1.29, 1.82) is 0 Å². The number of benzene rings is 4. The second kappa shape index (κ2) is 8.31. The van der Waals surface area contributed by atoms with E-state index in [2.05, 4.69) is 38.3 Å². The molecule has 0 amide bonds. The number of aryl methyl sites for hydroxylation is 4. The molecule has 4 heteroatoms. The van der Waals surface area contributed by atoms with Gasteiger partial charge >= 0.3 is 0 Å². The van der Waals surface area contributed by atoms with E-state index in [1.165, 1.54) is 11.1 Å². The summed E-state index contributed by atoms with van der Waals surface area (Å²) in [5.74, 6) is -0.305. The molecule has 0 atom stereocenters. The molecule has 1 aliphatic carbocycles. The monoisotopic (exact) mass is 446 g/mol. The molecule has 5 rings (SSSR count). The summed E-state index contributed by atoms with van der Waals surface area (Å²) in [4.78, 5) is 27.3. The van der Waals surface area contributed by atoms with E-state index >= 15 is 0 Å². The fraction of sp³-hybridized carbons (Fsp3) is 0.133. The SMILES string of the molecule is Cc1ccc(Nc2ccc(Nc3ccc(C)c(C)c3)c3c2C(=O)c2ccccc2C3=O)cc1C. The number of rotatable bonds is 4. The maximum Gasteiger partial charge on any atom is 0.196 e. The minimum Gasteiger partial charge on any atom is -0.355 e. The van der Waals surface area contributed by atoms with E-state index in [0.717, 1.165) is 22.5 Å². The Morgan fingerprint density at radius 2 is 0.912 bits per heavy atom. The quantitative estimate of drug-likeness (QED) is 0.307. The molecule has 0 unspecified atom stereocenters. The lowest BCUT2D eigenvalue weighted by molar-refractivity contribution is 0.0980. The van der Waals surface area contributed by atoms with Crippen LogP contribution in [-0.4, -0.2) is 11.6 Å². The normalized spacial score (nSPS) is 12.2. The molecule has 4 aromatic rings. The van der Waals surface area contributed by atoms with Gasteiger partial charge in [0, 0.05) is 22.5 Å². The Bertz CT molecular complexity index is 1370. The van der Waals surface area contributed by atoms with E-state index in [0.29, 0.717) is 33.6 Å². The first-order chi connectivity index (χ1) is 16.3. The van der Waals surface area contributed by atoms with Gasteiger partial charge in [-0.2, -0.15) is 0 Å².